The molecule has 3 aromatic rings. The minimum atomic E-state index is 0.481. The third-order valence-electron chi connectivity index (χ3n) is 4.45. The third-order valence-corrected chi connectivity index (χ3v) is 5.76. The molecule has 0 atom stereocenters. The Bertz CT molecular complexity index is 995. The van der Waals surface area contributed by atoms with Crippen LogP contribution in [0.25, 0.3) is 0 Å². The molecule has 0 radical (unpaired) electrons. The summed E-state index contributed by atoms with van der Waals surface area (Å²) in [5, 5.41) is 4.57. The second kappa shape index (κ2) is 10.2. The second-order valence-corrected chi connectivity index (χ2v) is 8.21. The van der Waals surface area contributed by atoms with Crippen molar-refractivity contribution in [2.75, 3.05) is 11.9 Å². The molecule has 0 aliphatic carbocycles. The molecular weight excluding hydrogens is 473 g/mol. The van der Waals surface area contributed by atoms with Gasteiger partial charge in [-0.05, 0) is 60.9 Å². The molecule has 152 valence electrons. The van der Waals surface area contributed by atoms with Crippen LogP contribution in [0.1, 0.15) is 23.6 Å². The topological polar surface area (TPSA) is 30.5 Å². The number of hydrogen-bond donors (Lipinski definition) is 1. The van der Waals surface area contributed by atoms with Crippen LogP contribution in [0.4, 0.5) is 5.69 Å². The highest BCUT2D eigenvalue weighted by molar-refractivity contribution is 9.10. The van der Waals surface area contributed by atoms with Gasteiger partial charge in [0.15, 0.2) is 11.5 Å². The molecule has 0 aromatic heterocycles. The second-order valence-electron chi connectivity index (χ2n) is 6.52. The van der Waals surface area contributed by atoms with Gasteiger partial charge in [-0.15, -0.1) is 0 Å². The van der Waals surface area contributed by atoms with Crippen molar-refractivity contribution >= 4 is 44.8 Å². The van der Waals surface area contributed by atoms with Crippen LogP contribution in [-0.4, -0.2) is 6.61 Å². The van der Waals surface area contributed by atoms with Gasteiger partial charge in [0.2, 0.25) is 0 Å². The Morgan fingerprint density at radius 1 is 0.931 bits per heavy atom. The summed E-state index contributed by atoms with van der Waals surface area (Å²) in [5.41, 5.74) is 4.15. The number of halogens is 3. The summed E-state index contributed by atoms with van der Waals surface area (Å²) in [6, 6.07) is 17.4. The van der Waals surface area contributed by atoms with Gasteiger partial charge in [0.25, 0.3) is 0 Å². The molecule has 0 bridgehead atoms. The standard InChI is InChI=1S/C23H22BrCl2NO2/c1-3-28-22-10-17(13-27-21-11-18(25)8-9-20(21)26)19(24)12-23(22)29-14-16-7-5-4-6-15(16)2/h4-12,27H,3,13-14H2,1-2H3. The molecule has 0 unspecified atom stereocenters. The van der Waals surface area contributed by atoms with Crippen molar-refractivity contribution in [1.82, 2.24) is 0 Å². The first-order valence-electron chi connectivity index (χ1n) is 9.29. The zero-order chi connectivity index (χ0) is 20.8. The van der Waals surface area contributed by atoms with Crippen molar-refractivity contribution in [3.05, 3.63) is 85.8 Å². The van der Waals surface area contributed by atoms with Gasteiger partial charge in [0.1, 0.15) is 6.61 Å². The maximum absolute atomic E-state index is 6.24. The first-order valence-corrected chi connectivity index (χ1v) is 10.8. The van der Waals surface area contributed by atoms with E-state index in [1.807, 2.05) is 31.2 Å². The molecule has 3 aromatic carbocycles. The minimum absolute atomic E-state index is 0.481. The number of ether oxygens (including phenoxy) is 2. The van der Waals surface area contributed by atoms with Crippen molar-refractivity contribution in [2.24, 2.45) is 0 Å². The highest BCUT2D eigenvalue weighted by Gasteiger charge is 2.12. The quantitative estimate of drug-likeness (QED) is 0.348. The van der Waals surface area contributed by atoms with Gasteiger partial charge in [-0.3, -0.25) is 0 Å². The first kappa shape index (κ1) is 21.8. The molecule has 0 saturated carbocycles. The zero-order valence-electron chi connectivity index (χ0n) is 16.3. The zero-order valence-corrected chi connectivity index (χ0v) is 19.4. The summed E-state index contributed by atoms with van der Waals surface area (Å²) in [6.07, 6.45) is 0. The van der Waals surface area contributed by atoms with E-state index < -0.39 is 0 Å². The summed E-state index contributed by atoms with van der Waals surface area (Å²) in [4.78, 5) is 0. The lowest BCUT2D eigenvalue weighted by molar-refractivity contribution is 0.268. The average molecular weight is 495 g/mol. The van der Waals surface area contributed by atoms with E-state index >= 15 is 0 Å². The molecule has 0 amide bonds. The van der Waals surface area contributed by atoms with E-state index in [1.54, 1.807) is 18.2 Å². The molecule has 1 N–H and O–H groups in total. The Hall–Kier alpha value is -1.88. The van der Waals surface area contributed by atoms with Crippen molar-refractivity contribution in [3.63, 3.8) is 0 Å². The molecule has 3 rings (SSSR count). The minimum Gasteiger partial charge on any atom is -0.490 e. The van der Waals surface area contributed by atoms with Crippen LogP contribution in [0, 0.1) is 6.92 Å². The first-order chi connectivity index (χ1) is 14.0. The predicted octanol–water partition coefficient (Wildman–Crippen LogP) is 7.65. The summed E-state index contributed by atoms with van der Waals surface area (Å²) in [6.45, 7) is 5.62. The Kier molecular flexibility index (Phi) is 7.70. The lowest BCUT2D eigenvalue weighted by atomic mass is 10.1. The van der Waals surface area contributed by atoms with Crippen molar-refractivity contribution < 1.29 is 9.47 Å². The van der Waals surface area contributed by atoms with Crippen LogP contribution in [-0.2, 0) is 13.2 Å². The van der Waals surface area contributed by atoms with Gasteiger partial charge in [0.05, 0.1) is 17.3 Å². The molecule has 6 heteroatoms. The van der Waals surface area contributed by atoms with Gasteiger partial charge in [-0.2, -0.15) is 0 Å². The van der Waals surface area contributed by atoms with Crippen LogP contribution in [0.2, 0.25) is 10.0 Å². The Morgan fingerprint density at radius 2 is 1.69 bits per heavy atom. The van der Waals surface area contributed by atoms with Crippen molar-refractivity contribution in [2.45, 2.75) is 27.0 Å². The van der Waals surface area contributed by atoms with Crippen LogP contribution < -0.4 is 14.8 Å². The molecule has 0 spiro atoms. The smallest absolute Gasteiger partial charge is 0.162 e. The number of anilines is 1. The van der Waals surface area contributed by atoms with Gasteiger partial charge in [-0.1, -0.05) is 63.4 Å². The van der Waals surface area contributed by atoms with Crippen LogP contribution in [0.3, 0.4) is 0 Å². The van der Waals surface area contributed by atoms with E-state index in [0.717, 1.165) is 21.3 Å². The van der Waals surface area contributed by atoms with E-state index in [0.29, 0.717) is 41.3 Å². The summed E-state index contributed by atoms with van der Waals surface area (Å²) in [7, 11) is 0. The molecule has 0 aliphatic rings. The number of benzene rings is 3. The summed E-state index contributed by atoms with van der Waals surface area (Å²) in [5.74, 6) is 1.41. The Balaban J connectivity index is 1.78. The molecule has 0 aliphatic heterocycles. The SMILES string of the molecule is CCOc1cc(CNc2cc(Cl)ccc2Cl)c(Br)cc1OCc1ccccc1C. The number of nitrogens with one attached hydrogen (secondary N) is 1. The maximum atomic E-state index is 6.24. The predicted molar refractivity (Wildman–Crippen MR) is 125 cm³/mol. The third kappa shape index (κ3) is 5.81. The van der Waals surface area contributed by atoms with Crippen LogP contribution >= 0.6 is 39.1 Å². The van der Waals surface area contributed by atoms with E-state index in [9.17, 15) is 0 Å². The normalized spacial score (nSPS) is 10.7. The van der Waals surface area contributed by atoms with Gasteiger partial charge in [0, 0.05) is 16.0 Å². The summed E-state index contributed by atoms with van der Waals surface area (Å²) < 4.78 is 12.8. The fourth-order valence-corrected chi connectivity index (χ4v) is 3.66. The van der Waals surface area contributed by atoms with E-state index in [4.69, 9.17) is 32.7 Å². The molecule has 3 nitrogen and oxygen atoms in total. The Labute approximate surface area is 190 Å². The lowest BCUT2D eigenvalue weighted by Gasteiger charge is -2.16. The van der Waals surface area contributed by atoms with Crippen LogP contribution in [0.5, 0.6) is 11.5 Å². The van der Waals surface area contributed by atoms with Gasteiger partial charge in [-0.25, -0.2) is 0 Å². The van der Waals surface area contributed by atoms with Gasteiger partial charge < -0.3 is 14.8 Å². The van der Waals surface area contributed by atoms with E-state index in [-0.39, 0.29) is 0 Å². The molecule has 0 fully saturated rings. The Morgan fingerprint density at radius 3 is 2.45 bits per heavy atom. The van der Waals surface area contributed by atoms with Gasteiger partial charge >= 0.3 is 0 Å². The number of rotatable bonds is 8. The fraction of sp³-hybridized carbons (Fsp3) is 0.217. The highest BCUT2D eigenvalue weighted by Crippen LogP contribution is 2.35. The van der Waals surface area contributed by atoms with E-state index in [2.05, 4.69) is 40.3 Å². The highest BCUT2D eigenvalue weighted by atomic mass is 79.9. The monoisotopic (exact) mass is 493 g/mol. The lowest BCUT2D eigenvalue weighted by Crippen LogP contribution is -2.05. The molecule has 0 saturated heterocycles. The van der Waals surface area contributed by atoms with E-state index in [1.165, 1.54) is 5.56 Å². The number of aryl methyl sites for hydroxylation is 1. The summed E-state index contributed by atoms with van der Waals surface area (Å²) >= 11 is 16.0. The van der Waals surface area contributed by atoms with Crippen LogP contribution in [0.15, 0.2) is 59.1 Å². The molecule has 29 heavy (non-hydrogen) atoms. The molecular formula is C23H22BrCl2NO2. The van der Waals surface area contributed by atoms with Crippen molar-refractivity contribution in [3.8, 4) is 11.5 Å². The fourth-order valence-electron chi connectivity index (χ4n) is 2.84. The number of hydrogen-bond acceptors (Lipinski definition) is 3. The molecule has 0 heterocycles. The van der Waals surface area contributed by atoms with Crippen molar-refractivity contribution in [1.29, 1.82) is 0 Å². The largest absolute Gasteiger partial charge is 0.490 e. The maximum Gasteiger partial charge on any atom is 0.162 e. The average Bonchev–Trinajstić information content (AvgIpc) is 2.70.